The zero-order chi connectivity index (χ0) is 25.4. The van der Waals surface area contributed by atoms with Gasteiger partial charge in [-0.25, -0.2) is 0 Å². The Morgan fingerprint density at radius 2 is 1.53 bits per heavy atom. The zero-order valence-electron chi connectivity index (χ0n) is 19.5. The van der Waals surface area contributed by atoms with E-state index in [4.69, 9.17) is 41.9 Å². The van der Waals surface area contributed by atoms with E-state index in [-0.39, 0.29) is 19.4 Å². The van der Waals surface area contributed by atoms with Crippen LogP contribution in [0.3, 0.4) is 0 Å². The Morgan fingerprint density at radius 3 is 2.06 bits per heavy atom. The van der Waals surface area contributed by atoms with Crippen molar-refractivity contribution in [1.29, 1.82) is 0 Å². The molecule has 34 heavy (non-hydrogen) atoms. The molecule has 0 radical (unpaired) electrons. The topological polar surface area (TPSA) is 254 Å². The number of aliphatic hydroxyl groups is 5. The Labute approximate surface area is 198 Å². The van der Waals surface area contributed by atoms with Gasteiger partial charge in [0.1, 0.15) is 36.1 Å². The van der Waals surface area contributed by atoms with Crippen LogP contribution >= 0.6 is 0 Å². The molecule has 14 unspecified atom stereocenters. The summed E-state index contributed by atoms with van der Waals surface area (Å²) in [6.45, 7) is 0.958. The monoisotopic (exact) mass is 495 g/mol. The third kappa shape index (κ3) is 5.40. The number of hydrogen-bond donors (Lipinski definition) is 10. The number of hydrogen-bond acceptors (Lipinski definition) is 14. The molecule has 0 spiro atoms. The number of likely N-dealkylation sites (N-methyl/N-ethyl adjacent to an activating group) is 1. The lowest BCUT2D eigenvalue weighted by atomic mass is 9.82. The van der Waals surface area contributed by atoms with Crippen LogP contribution in [0.1, 0.15) is 19.8 Å². The second kappa shape index (κ2) is 11.2. The maximum Gasteiger partial charge on any atom is 0.186 e. The van der Waals surface area contributed by atoms with Gasteiger partial charge in [0, 0.05) is 18.6 Å². The van der Waals surface area contributed by atoms with Crippen molar-refractivity contribution >= 4 is 0 Å². The van der Waals surface area contributed by atoms with Gasteiger partial charge in [-0.3, -0.25) is 0 Å². The minimum Gasteiger partial charge on any atom is -0.394 e. The van der Waals surface area contributed by atoms with Crippen molar-refractivity contribution in [1.82, 2.24) is 5.32 Å². The standard InChI is InChI=1S/C20H41N5O9/c1-20(30)12(6-26)32-19(14(29)17(20)25-2)34-16-8(23)3-7(22)15(13(16)28)33-18-9(24)4-10(27)11(5-21)31-18/h7-19,25-30H,3-6,21-24H2,1-2H3. The molecule has 0 aromatic carbocycles. The molecule has 14 nitrogen and oxygen atoms in total. The average Bonchev–Trinajstić information content (AvgIpc) is 2.76. The van der Waals surface area contributed by atoms with Crippen molar-refractivity contribution in [3.63, 3.8) is 0 Å². The molecule has 1 aliphatic carbocycles. The minimum absolute atomic E-state index is 0.0585. The lowest BCUT2D eigenvalue weighted by Gasteiger charge is -2.50. The molecule has 2 heterocycles. The lowest BCUT2D eigenvalue weighted by molar-refractivity contribution is -0.331. The highest BCUT2D eigenvalue weighted by atomic mass is 16.7. The van der Waals surface area contributed by atoms with E-state index in [1.54, 1.807) is 7.05 Å². The van der Waals surface area contributed by atoms with Gasteiger partial charge in [0.25, 0.3) is 0 Å². The Hall–Kier alpha value is -0.560. The van der Waals surface area contributed by atoms with Crippen LogP contribution in [0.25, 0.3) is 0 Å². The zero-order valence-corrected chi connectivity index (χ0v) is 19.5. The highest BCUT2D eigenvalue weighted by molar-refractivity contribution is 5.04. The summed E-state index contributed by atoms with van der Waals surface area (Å²) in [6.07, 6.45) is -9.24. The van der Waals surface area contributed by atoms with Crippen molar-refractivity contribution in [3.8, 4) is 0 Å². The maximum absolute atomic E-state index is 11.1. The van der Waals surface area contributed by atoms with Crippen LogP contribution < -0.4 is 28.3 Å². The summed E-state index contributed by atoms with van der Waals surface area (Å²) < 4.78 is 23.2. The van der Waals surface area contributed by atoms with Crippen LogP contribution in [-0.2, 0) is 18.9 Å². The lowest BCUT2D eigenvalue weighted by Crippen LogP contribution is -2.71. The van der Waals surface area contributed by atoms with Gasteiger partial charge in [0.05, 0.1) is 30.9 Å². The number of aliphatic hydroxyl groups excluding tert-OH is 4. The summed E-state index contributed by atoms with van der Waals surface area (Å²) in [6, 6.07) is -3.00. The highest BCUT2D eigenvalue weighted by Gasteiger charge is 2.54. The second-order valence-electron chi connectivity index (χ2n) is 9.66. The Kier molecular flexibility index (Phi) is 9.25. The van der Waals surface area contributed by atoms with Gasteiger partial charge in [0.15, 0.2) is 12.6 Å². The fourth-order valence-corrected chi connectivity index (χ4v) is 5.09. The van der Waals surface area contributed by atoms with E-state index < -0.39 is 91.7 Å². The first-order chi connectivity index (χ1) is 16.0. The molecule has 14 atom stereocenters. The van der Waals surface area contributed by atoms with E-state index in [0.717, 1.165) is 0 Å². The minimum atomic E-state index is -1.59. The molecule has 1 saturated carbocycles. The van der Waals surface area contributed by atoms with Gasteiger partial charge >= 0.3 is 0 Å². The summed E-state index contributed by atoms with van der Waals surface area (Å²) >= 11 is 0. The summed E-state index contributed by atoms with van der Waals surface area (Å²) in [7, 11) is 1.54. The Bertz CT molecular complexity index is 664. The van der Waals surface area contributed by atoms with Crippen molar-refractivity contribution in [2.75, 3.05) is 20.2 Å². The molecule has 3 fully saturated rings. The normalized spacial score (nSPS) is 52.5. The van der Waals surface area contributed by atoms with Crippen molar-refractivity contribution in [3.05, 3.63) is 0 Å². The van der Waals surface area contributed by atoms with Gasteiger partial charge in [-0.15, -0.1) is 0 Å². The van der Waals surface area contributed by atoms with Crippen molar-refractivity contribution in [2.45, 2.75) is 105 Å². The van der Waals surface area contributed by atoms with E-state index in [1.165, 1.54) is 6.92 Å². The summed E-state index contributed by atoms with van der Waals surface area (Å²) in [4.78, 5) is 0. The highest BCUT2D eigenvalue weighted by Crippen LogP contribution is 2.33. The average molecular weight is 496 g/mol. The fraction of sp³-hybridized carbons (Fsp3) is 1.00. The van der Waals surface area contributed by atoms with Crippen LogP contribution in [0.15, 0.2) is 0 Å². The number of nitrogens with one attached hydrogen (secondary N) is 1. The van der Waals surface area contributed by atoms with Gasteiger partial charge in [0.2, 0.25) is 0 Å². The maximum atomic E-state index is 11.1. The van der Waals surface area contributed by atoms with Crippen LogP contribution in [0.2, 0.25) is 0 Å². The largest absolute Gasteiger partial charge is 0.394 e. The number of nitrogens with two attached hydrogens (primary N) is 4. The van der Waals surface area contributed by atoms with E-state index >= 15 is 0 Å². The fourth-order valence-electron chi connectivity index (χ4n) is 5.09. The Balaban J connectivity index is 1.73. The molecule has 14 heteroatoms. The Morgan fingerprint density at radius 1 is 0.941 bits per heavy atom. The van der Waals surface area contributed by atoms with Gasteiger partial charge in [-0.2, -0.15) is 0 Å². The van der Waals surface area contributed by atoms with Crippen LogP contribution in [0.5, 0.6) is 0 Å². The summed E-state index contributed by atoms with van der Waals surface area (Å²) in [5, 5.41) is 55.1. The van der Waals surface area contributed by atoms with Crippen LogP contribution in [0.4, 0.5) is 0 Å². The molecule has 0 aromatic rings. The molecule has 0 bridgehead atoms. The molecular formula is C20H41N5O9. The first-order valence-electron chi connectivity index (χ1n) is 11.6. The molecule has 3 aliphatic rings. The smallest absolute Gasteiger partial charge is 0.186 e. The first-order valence-corrected chi connectivity index (χ1v) is 11.6. The van der Waals surface area contributed by atoms with E-state index in [1.807, 2.05) is 0 Å². The molecule has 200 valence electrons. The van der Waals surface area contributed by atoms with E-state index in [2.05, 4.69) is 5.32 Å². The quantitative estimate of drug-likeness (QED) is 0.158. The number of ether oxygens (including phenoxy) is 4. The molecular weight excluding hydrogens is 454 g/mol. The molecule has 0 aromatic heterocycles. The predicted octanol–water partition coefficient (Wildman–Crippen LogP) is -5.65. The van der Waals surface area contributed by atoms with Gasteiger partial charge < -0.3 is 72.7 Å². The third-order valence-electron chi connectivity index (χ3n) is 7.15. The number of rotatable bonds is 7. The van der Waals surface area contributed by atoms with E-state index in [0.29, 0.717) is 0 Å². The van der Waals surface area contributed by atoms with Crippen molar-refractivity contribution < 1.29 is 44.5 Å². The van der Waals surface area contributed by atoms with Crippen molar-refractivity contribution in [2.24, 2.45) is 22.9 Å². The van der Waals surface area contributed by atoms with Crippen LogP contribution in [-0.4, -0.2) is 131 Å². The van der Waals surface area contributed by atoms with E-state index in [9.17, 15) is 25.5 Å². The molecule has 0 amide bonds. The van der Waals surface area contributed by atoms with Gasteiger partial charge in [-0.1, -0.05) is 0 Å². The summed E-state index contributed by atoms with van der Waals surface area (Å²) in [5.74, 6) is 0. The molecule has 3 rings (SSSR count). The second-order valence-corrected chi connectivity index (χ2v) is 9.66. The molecule has 2 aliphatic heterocycles. The third-order valence-corrected chi connectivity index (χ3v) is 7.15. The predicted molar refractivity (Wildman–Crippen MR) is 118 cm³/mol. The SMILES string of the molecule is CNC1C(O)C(OC2C(N)CC(N)C(OC3OC(CN)C(O)CC3N)C2O)OC(CO)C1(C)O. The first kappa shape index (κ1) is 28.0. The van der Waals surface area contributed by atoms with Crippen LogP contribution in [0, 0.1) is 0 Å². The van der Waals surface area contributed by atoms with Gasteiger partial charge in [-0.05, 0) is 26.8 Å². The molecule has 2 saturated heterocycles. The molecule has 14 N–H and O–H groups in total. The summed E-state index contributed by atoms with van der Waals surface area (Å²) in [5.41, 5.74) is 22.6.